The zero-order valence-corrected chi connectivity index (χ0v) is 7.83. The van der Waals surface area contributed by atoms with Gasteiger partial charge in [-0.1, -0.05) is 13.0 Å². The summed E-state index contributed by atoms with van der Waals surface area (Å²) >= 11 is 0. The molecule has 0 bridgehead atoms. The summed E-state index contributed by atoms with van der Waals surface area (Å²) in [6, 6.07) is 5.30. The molecule has 0 aliphatic rings. The molecule has 1 aromatic carbocycles. The van der Waals surface area contributed by atoms with Gasteiger partial charge in [-0.25, -0.2) is 0 Å². The number of hydrogen-bond donors (Lipinski definition) is 1. The van der Waals surface area contributed by atoms with Crippen LogP contribution in [0.3, 0.4) is 0 Å². The average Bonchev–Trinajstić information content (AvgIpc) is 2.16. The standard InChI is InChI=1S/C10H13NO2/c1-3-7-8(10(11)12)5-4-6-9(7)13-2/h4-6H,3H2,1-2H3,(H2,11,12). The largest absolute Gasteiger partial charge is 0.496 e. The van der Waals surface area contributed by atoms with Crippen LogP contribution in [0, 0.1) is 0 Å². The lowest BCUT2D eigenvalue weighted by molar-refractivity contribution is 0.0999. The smallest absolute Gasteiger partial charge is 0.249 e. The van der Waals surface area contributed by atoms with E-state index in [4.69, 9.17) is 10.5 Å². The van der Waals surface area contributed by atoms with Crippen molar-refractivity contribution in [1.29, 1.82) is 0 Å². The fourth-order valence-electron chi connectivity index (χ4n) is 1.35. The summed E-state index contributed by atoms with van der Waals surface area (Å²) in [5.41, 5.74) is 6.64. The summed E-state index contributed by atoms with van der Waals surface area (Å²) in [5.74, 6) is 0.314. The Bertz CT molecular complexity index is 321. The Balaban J connectivity index is 3.27. The minimum Gasteiger partial charge on any atom is -0.496 e. The molecule has 1 aromatic rings. The number of methoxy groups -OCH3 is 1. The fourth-order valence-corrected chi connectivity index (χ4v) is 1.35. The Morgan fingerprint density at radius 2 is 2.23 bits per heavy atom. The molecule has 3 nitrogen and oxygen atoms in total. The van der Waals surface area contributed by atoms with Crippen molar-refractivity contribution in [3.8, 4) is 5.75 Å². The minimum absolute atomic E-state index is 0.407. The van der Waals surface area contributed by atoms with Gasteiger partial charge in [-0.15, -0.1) is 0 Å². The Kier molecular flexibility index (Phi) is 2.90. The number of ether oxygens (including phenoxy) is 1. The van der Waals surface area contributed by atoms with E-state index in [9.17, 15) is 4.79 Å². The van der Waals surface area contributed by atoms with Crippen LogP contribution in [-0.2, 0) is 6.42 Å². The van der Waals surface area contributed by atoms with Gasteiger partial charge in [0.05, 0.1) is 7.11 Å². The molecule has 1 rings (SSSR count). The van der Waals surface area contributed by atoms with Crippen LogP contribution in [0.2, 0.25) is 0 Å². The Morgan fingerprint density at radius 3 is 2.69 bits per heavy atom. The number of benzene rings is 1. The third-order valence-electron chi connectivity index (χ3n) is 1.97. The first kappa shape index (κ1) is 9.58. The molecule has 1 amide bonds. The van der Waals surface area contributed by atoms with E-state index >= 15 is 0 Å². The maximum atomic E-state index is 11.0. The molecule has 0 aliphatic carbocycles. The molecular formula is C10H13NO2. The molecule has 70 valence electrons. The van der Waals surface area contributed by atoms with E-state index < -0.39 is 5.91 Å². The van der Waals surface area contributed by atoms with Crippen LogP contribution in [0.5, 0.6) is 5.75 Å². The number of carbonyl (C=O) groups is 1. The second-order valence-electron chi connectivity index (χ2n) is 2.70. The minimum atomic E-state index is -0.407. The van der Waals surface area contributed by atoms with Crippen LogP contribution >= 0.6 is 0 Å². The van der Waals surface area contributed by atoms with Crippen LogP contribution in [-0.4, -0.2) is 13.0 Å². The van der Waals surface area contributed by atoms with Gasteiger partial charge in [-0.3, -0.25) is 4.79 Å². The maximum Gasteiger partial charge on any atom is 0.249 e. The lowest BCUT2D eigenvalue weighted by Crippen LogP contribution is -2.14. The van der Waals surface area contributed by atoms with Crippen LogP contribution in [0.1, 0.15) is 22.8 Å². The molecule has 0 saturated carbocycles. The van der Waals surface area contributed by atoms with E-state index in [1.54, 1.807) is 19.2 Å². The van der Waals surface area contributed by atoms with Crippen LogP contribution in [0.4, 0.5) is 0 Å². The normalized spacial score (nSPS) is 9.69. The Hall–Kier alpha value is -1.51. The summed E-state index contributed by atoms with van der Waals surface area (Å²) in [7, 11) is 1.58. The van der Waals surface area contributed by atoms with Crippen molar-refractivity contribution in [3.63, 3.8) is 0 Å². The number of amides is 1. The average molecular weight is 179 g/mol. The van der Waals surface area contributed by atoms with E-state index in [1.165, 1.54) is 0 Å². The van der Waals surface area contributed by atoms with E-state index in [0.717, 1.165) is 17.7 Å². The molecule has 0 aromatic heterocycles. The summed E-state index contributed by atoms with van der Waals surface area (Å²) < 4.78 is 5.12. The first-order chi connectivity index (χ1) is 6.20. The van der Waals surface area contributed by atoms with Gasteiger partial charge in [0.15, 0.2) is 0 Å². The summed E-state index contributed by atoms with van der Waals surface area (Å²) in [6.07, 6.45) is 0.738. The van der Waals surface area contributed by atoms with E-state index in [2.05, 4.69) is 0 Å². The molecule has 0 unspecified atom stereocenters. The molecule has 3 heteroatoms. The van der Waals surface area contributed by atoms with Crippen LogP contribution < -0.4 is 10.5 Å². The number of carbonyl (C=O) groups excluding carboxylic acids is 1. The topological polar surface area (TPSA) is 52.3 Å². The zero-order valence-electron chi connectivity index (χ0n) is 7.83. The van der Waals surface area contributed by atoms with Crippen molar-refractivity contribution < 1.29 is 9.53 Å². The fraction of sp³-hybridized carbons (Fsp3) is 0.300. The Labute approximate surface area is 77.5 Å². The maximum absolute atomic E-state index is 11.0. The highest BCUT2D eigenvalue weighted by Gasteiger charge is 2.10. The number of hydrogen-bond acceptors (Lipinski definition) is 2. The van der Waals surface area contributed by atoms with Crippen LogP contribution in [0.15, 0.2) is 18.2 Å². The molecule has 0 fully saturated rings. The zero-order chi connectivity index (χ0) is 9.84. The second kappa shape index (κ2) is 3.94. The molecule has 13 heavy (non-hydrogen) atoms. The van der Waals surface area contributed by atoms with Gasteiger partial charge in [0.2, 0.25) is 5.91 Å². The van der Waals surface area contributed by atoms with Crippen molar-refractivity contribution in [2.24, 2.45) is 5.73 Å². The van der Waals surface area contributed by atoms with Crippen molar-refractivity contribution in [2.75, 3.05) is 7.11 Å². The number of primary amides is 1. The molecule has 0 heterocycles. The summed E-state index contributed by atoms with van der Waals surface area (Å²) in [4.78, 5) is 11.0. The van der Waals surface area contributed by atoms with Gasteiger partial charge < -0.3 is 10.5 Å². The Morgan fingerprint density at radius 1 is 1.54 bits per heavy atom. The molecule has 2 N–H and O–H groups in total. The molecule has 0 saturated heterocycles. The van der Waals surface area contributed by atoms with Gasteiger partial charge in [0, 0.05) is 11.1 Å². The summed E-state index contributed by atoms with van der Waals surface area (Å²) in [6.45, 7) is 1.96. The van der Waals surface area contributed by atoms with E-state index in [0.29, 0.717) is 5.56 Å². The highest BCUT2D eigenvalue weighted by molar-refractivity contribution is 5.95. The molecule has 0 atom stereocenters. The molecule has 0 radical (unpaired) electrons. The molecule has 0 aliphatic heterocycles. The quantitative estimate of drug-likeness (QED) is 0.761. The molecular weight excluding hydrogens is 166 g/mol. The van der Waals surface area contributed by atoms with E-state index in [1.807, 2.05) is 13.0 Å². The highest BCUT2D eigenvalue weighted by atomic mass is 16.5. The van der Waals surface area contributed by atoms with Crippen molar-refractivity contribution >= 4 is 5.91 Å². The SMILES string of the molecule is CCc1c(OC)cccc1C(N)=O. The van der Waals surface area contributed by atoms with Gasteiger partial charge in [-0.05, 0) is 18.6 Å². The number of nitrogens with two attached hydrogens (primary N) is 1. The lowest BCUT2D eigenvalue weighted by Gasteiger charge is -2.09. The highest BCUT2D eigenvalue weighted by Crippen LogP contribution is 2.22. The van der Waals surface area contributed by atoms with Crippen molar-refractivity contribution in [1.82, 2.24) is 0 Å². The van der Waals surface area contributed by atoms with Crippen molar-refractivity contribution in [3.05, 3.63) is 29.3 Å². The van der Waals surface area contributed by atoms with Gasteiger partial charge in [-0.2, -0.15) is 0 Å². The third-order valence-corrected chi connectivity index (χ3v) is 1.97. The third kappa shape index (κ3) is 1.80. The van der Waals surface area contributed by atoms with Crippen LogP contribution in [0.25, 0.3) is 0 Å². The van der Waals surface area contributed by atoms with Crippen molar-refractivity contribution in [2.45, 2.75) is 13.3 Å². The first-order valence-electron chi connectivity index (χ1n) is 4.16. The van der Waals surface area contributed by atoms with Gasteiger partial charge in [0.1, 0.15) is 5.75 Å². The van der Waals surface area contributed by atoms with Gasteiger partial charge >= 0.3 is 0 Å². The summed E-state index contributed by atoms with van der Waals surface area (Å²) in [5, 5.41) is 0. The first-order valence-corrected chi connectivity index (χ1v) is 4.16. The second-order valence-corrected chi connectivity index (χ2v) is 2.70. The van der Waals surface area contributed by atoms with Gasteiger partial charge in [0.25, 0.3) is 0 Å². The monoisotopic (exact) mass is 179 g/mol. The predicted octanol–water partition coefficient (Wildman–Crippen LogP) is 1.36. The number of rotatable bonds is 3. The molecule has 0 spiro atoms. The lowest BCUT2D eigenvalue weighted by atomic mass is 10.0. The van der Waals surface area contributed by atoms with E-state index in [-0.39, 0.29) is 0 Å². The predicted molar refractivity (Wildman–Crippen MR) is 50.9 cm³/mol.